The molecule has 0 radical (unpaired) electrons. The van der Waals surface area contributed by atoms with Crippen LogP contribution >= 0.6 is 0 Å². The molecular weight excluding hydrogens is 464 g/mol. The molecule has 36 heavy (non-hydrogen) atoms. The largest absolute Gasteiger partial charge is 0.351 e. The van der Waals surface area contributed by atoms with Gasteiger partial charge in [0.2, 0.25) is 5.95 Å². The van der Waals surface area contributed by atoms with Gasteiger partial charge in [0.05, 0.1) is 52.6 Å². The van der Waals surface area contributed by atoms with Crippen LogP contribution in [-0.4, -0.2) is 41.8 Å². The highest BCUT2D eigenvalue weighted by molar-refractivity contribution is 5.80. The maximum absolute atomic E-state index is 12.7. The smallest absolute Gasteiger partial charge is 0.257 e. The lowest BCUT2D eigenvalue weighted by Crippen LogP contribution is -2.29. The number of anilines is 1. The first kappa shape index (κ1) is 23.4. The Kier molecular flexibility index (Phi) is 6.30. The number of rotatable bonds is 6. The molecule has 0 aliphatic heterocycles. The van der Waals surface area contributed by atoms with Gasteiger partial charge in [-0.1, -0.05) is 0 Å². The van der Waals surface area contributed by atoms with Crippen LogP contribution in [0.25, 0.3) is 22.3 Å². The lowest BCUT2D eigenvalue weighted by atomic mass is 9.90. The van der Waals surface area contributed by atoms with Crippen LogP contribution in [0, 0.1) is 29.6 Å². The summed E-state index contributed by atoms with van der Waals surface area (Å²) in [7, 11) is 0. The van der Waals surface area contributed by atoms with Crippen molar-refractivity contribution in [1.29, 1.82) is 10.5 Å². The zero-order valence-electron chi connectivity index (χ0n) is 19.6. The van der Waals surface area contributed by atoms with Gasteiger partial charge in [0, 0.05) is 23.8 Å². The maximum Gasteiger partial charge on any atom is 0.257 e. The molecule has 0 spiro atoms. The molecule has 9 nitrogen and oxygen atoms in total. The number of halogens is 2. The Morgan fingerprint density at radius 2 is 2.03 bits per heavy atom. The van der Waals surface area contributed by atoms with Crippen LogP contribution in [0.3, 0.4) is 0 Å². The Morgan fingerprint density at radius 1 is 1.17 bits per heavy atom. The summed E-state index contributed by atoms with van der Waals surface area (Å²) in [4.78, 5) is 13.4. The molecular formula is C25H23F2N9. The third kappa shape index (κ3) is 4.60. The number of hydrogen-bond donors (Lipinski definition) is 1. The van der Waals surface area contributed by atoms with E-state index in [1.54, 1.807) is 0 Å². The third-order valence-electron chi connectivity index (χ3n) is 6.50. The molecule has 2 atom stereocenters. The van der Waals surface area contributed by atoms with E-state index in [1.165, 1.54) is 18.6 Å². The van der Waals surface area contributed by atoms with Crippen LogP contribution < -0.4 is 5.32 Å². The van der Waals surface area contributed by atoms with Gasteiger partial charge in [-0.25, -0.2) is 23.7 Å². The van der Waals surface area contributed by atoms with E-state index in [2.05, 4.69) is 42.1 Å². The lowest BCUT2D eigenvalue weighted by Gasteiger charge is -2.31. The first-order chi connectivity index (χ1) is 17.4. The van der Waals surface area contributed by atoms with E-state index in [0.29, 0.717) is 22.8 Å². The van der Waals surface area contributed by atoms with Crippen molar-refractivity contribution < 1.29 is 8.78 Å². The van der Waals surface area contributed by atoms with E-state index in [0.717, 1.165) is 47.0 Å². The number of hydrogen-bond acceptors (Lipinski definition) is 7. The summed E-state index contributed by atoms with van der Waals surface area (Å²) >= 11 is 0. The van der Waals surface area contributed by atoms with Crippen molar-refractivity contribution in [3.8, 4) is 23.4 Å². The molecule has 3 heterocycles. The minimum atomic E-state index is -2.53. The molecule has 1 saturated carbocycles. The number of nitrogens with zero attached hydrogens (tertiary/aromatic N) is 8. The number of nitriles is 2. The molecule has 182 valence electrons. The van der Waals surface area contributed by atoms with Crippen molar-refractivity contribution in [3.63, 3.8) is 0 Å². The Morgan fingerprint density at radius 3 is 2.81 bits per heavy atom. The summed E-state index contributed by atoms with van der Waals surface area (Å²) in [6.45, 7) is 1.47. The monoisotopic (exact) mass is 487 g/mol. The third-order valence-corrected chi connectivity index (χ3v) is 6.50. The molecule has 1 aromatic carbocycles. The number of fused-ring (bicyclic) bond motifs is 1. The van der Waals surface area contributed by atoms with Gasteiger partial charge in [0.15, 0.2) is 0 Å². The van der Waals surface area contributed by atoms with Gasteiger partial charge in [0.1, 0.15) is 12.6 Å². The van der Waals surface area contributed by atoms with Gasteiger partial charge in [-0.2, -0.15) is 15.6 Å². The van der Waals surface area contributed by atoms with Crippen molar-refractivity contribution in [2.24, 2.45) is 0 Å². The van der Waals surface area contributed by atoms with Gasteiger partial charge in [-0.3, -0.25) is 4.68 Å². The molecule has 1 aliphatic rings. The number of aryl methyl sites for hydroxylation is 1. The van der Waals surface area contributed by atoms with Crippen LogP contribution in [-0.2, 0) is 6.54 Å². The number of alkyl halides is 2. The average molecular weight is 488 g/mol. The van der Waals surface area contributed by atoms with Gasteiger partial charge < -0.3 is 9.88 Å². The Bertz CT molecular complexity index is 1490. The molecule has 3 aromatic heterocycles. The quantitative estimate of drug-likeness (QED) is 0.422. The van der Waals surface area contributed by atoms with E-state index in [9.17, 15) is 19.3 Å². The standard InChI is InChI=1S/C25H23F2N9/c1-15-5-16(8-28)6-21-24(15)36(14-31-21)20-4-2-3-19(7-20)33-25-30-10-17(9-29)23(34-25)18-11-32-35(12-18)13-22(26)27/h5-6,10-12,14,19-20,22H,2-4,7,13H2,1H3,(H,30,33,34)/t19-,20+/m1/s1. The lowest BCUT2D eigenvalue weighted by molar-refractivity contribution is 0.122. The highest BCUT2D eigenvalue weighted by Gasteiger charge is 2.26. The van der Waals surface area contributed by atoms with E-state index < -0.39 is 13.0 Å². The molecule has 0 bridgehead atoms. The van der Waals surface area contributed by atoms with Gasteiger partial charge in [-0.05, 0) is 50.3 Å². The fraction of sp³-hybridized carbons (Fsp3) is 0.360. The molecule has 5 rings (SSSR count). The van der Waals surface area contributed by atoms with Gasteiger partial charge in [-0.15, -0.1) is 0 Å². The second kappa shape index (κ2) is 9.70. The summed E-state index contributed by atoms with van der Waals surface area (Å²) in [5.41, 5.74) is 4.55. The molecule has 0 unspecified atom stereocenters. The molecule has 1 fully saturated rings. The van der Waals surface area contributed by atoms with Crippen LogP contribution in [0.5, 0.6) is 0 Å². The second-order valence-electron chi connectivity index (χ2n) is 9.00. The summed E-state index contributed by atoms with van der Waals surface area (Å²) < 4.78 is 28.8. The van der Waals surface area contributed by atoms with Crippen molar-refractivity contribution in [3.05, 3.63) is 53.7 Å². The molecule has 4 aromatic rings. The zero-order chi connectivity index (χ0) is 25.2. The predicted molar refractivity (Wildman–Crippen MR) is 128 cm³/mol. The van der Waals surface area contributed by atoms with E-state index in [-0.39, 0.29) is 17.6 Å². The number of benzene rings is 1. The summed E-state index contributed by atoms with van der Waals surface area (Å²) in [5, 5.41) is 26.1. The predicted octanol–water partition coefficient (Wildman–Crippen LogP) is 4.60. The second-order valence-corrected chi connectivity index (χ2v) is 9.00. The molecule has 1 N–H and O–H groups in total. The average Bonchev–Trinajstić information content (AvgIpc) is 3.51. The van der Waals surface area contributed by atoms with Gasteiger partial charge >= 0.3 is 0 Å². The first-order valence-electron chi connectivity index (χ1n) is 11.7. The molecule has 0 saturated heterocycles. The number of aromatic nitrogens is 6. The van der Waals surface area contributed by atoms with Crippen LogP contribution in [0.2, 0.25) is 0 Å². The summed E-state index contributed by atoms with van der Waals surface area (Å²) in [6.07, 6.45) is 7.42. The number of nitrogens with one attached hydrogen (secondary N) is 1. The topological polar surface area (TPSA) is 121 Å². The van der Waals surface area contributed by atoms with E-state index >= 15 is 0 Å². The maximum atomic E-state index is 12.7. The minimum absolute atomic E-state index is 0.0993. The normalized spacial score (nSPS) is 17.7. The van der Waals surface area contributed by atoms with Crippen molar-refractivity contribution >= 4 is 17.0 Å². The Labute approximate surface area is 206 Å². The number of imidazole rings is 1. The molecule has 0 amide bonds. The fourth-order valence-corrected chi connectivity index (χ4v) is 4.93. The first-order valence-corrected chi connectivity index (χ1v) is 11.7. The zero-order valence-corrected chi connectivity index (χ0v) is 19.6. The minimum Gasteiger partial charge on any atom is -0.351 e. The van der Waals surface area contributed by atoms with Crippen molar-refractivity contribution in [2.45, 2.75) is 57.7 Å². The summed E-state index contributed by atoms with van der Waals surface area (Å²) in [6, 6.07) is 8.26. The summed E-state index contributed by atoms with van der Waals surface area (Å²) in [5.74, 6) is 0.376. The molecule has 11 heteroatoms. The van der Waals surface area contributed by atoms with Crippen molar-refractivity contribution in [1.82, 2.24) is 29.3 Å². The highest BCUT2D eigenvalue weighted by Crippen LogP contribution is 2.34. The van der Waals surface area contributed by atoms with E-state index in [4.69, 9.17) is 0 Å². The van der Waals surface area contributed by atoms with E-state index in [1.807, 2.05) is 25.4 Å². The SMILES string of the molecule is Cc1cc(C#N)cc2ncn([C@H]3CCC[C@@H](Nc4ncc(C#N)c(-c5cnn(CC(F)F)c5)n4)C3)c12. The fourth-order valence-electron chi connectivity index (χ4n) is 4.93. The molecule has 1 aliphatic carbocycles. The highest BCUT2D eigenvalue weighted by atomic mass is 19.3. The van der Waals surface area contributed by atoms with Crippen LogP contribution in [0.1, 0.15) is 48.4 Å². The van der Waals surface area contributed by atoms with Crippen LogP contribution in [0.15, 0.2) is 37.1 Å². The Balaban J connectivity index is 1.37. The Hall–Kier alpha value is -4.38. The van der Waals surface area contributed by atoms with Crippen molar-refractivity contribution in [2.75, 3.05) is 5.32 Å². The van der Waals surface area contributed by atoms with Gasteiger partial charge in [0.25, 0.3) is 6.43 Å². The van der Waals surface area contributed by atoms with Crippen LogP contribution in [0.4, 0.5) is 14.7 Å².